The molecule has 0 spiro atoms. The van der Waals surface area contributed by atoms with E-state index in [-0.39, 0.29) is 43.0 Å². The predicted molar refractivity (Wildman–Crippen MR) is 228 cm³/mol. The van der Waals surface area contributed by atoms with Gasteiger partial charge in [-0.1, -0.05) is 49.2 Å². The van der Waals surface area contributed by atoms with Crippen molar-refractivity contribution in [3.8, 4) is 28.5 Å². The highest BCUT2D eigenvalue weighted by atomic mass is 35.5. The lowest BCUT2D eigenvalue weighted by molar-refractivity contribution is -0.137. The molecule has 62 heavy (non-hydrogen) atoms. The van der Waals surface area contributed by atoms with Crippen molar-refractivity contribution in [2.24, 2.45) is 5.92 Å². The van der Waals surface area contributed by atoms with Gasteiger partial charge in [-0.15, -0.1) is 0 Å². The number of pyridine rings is 1. The van der Waals surface area contributed by atoms with E-state index in [1.54, 1.807) is 34.1 Å². The molecule has 0 aliphatic carbocycles. The molecule has 0 saturated carbocycles. The number of hydrogen-bond donors (Lipinski definition) is 2. The Balaban J connectivity index is 1.33. The van der Waals surface area contributed by atoms with Gasteiger partial charge in [0.05, 0.1) is 42.7 Å². The number of halogens is 6. The molecule has 330 valence electrons. The van der Waals surface area contributed by atoms with Crippen LogP contribution in [0.3, 0.4) is 0 Å². The third-order valence-electron chi connectivity index (χ3n) is 11.4. The number of ether oxygens (including phenoxy) is 4. The Kier molecular flexibility index (Phi) is 13.7. The average Bonchev–Trinajstić information content (AvgIpc) is 3.55. The lowest BCUT2D eigenvalue weighted by Gasteiger charge is -2.36. The first-order valence-corrected chi connectivity index (χ1v) is 21.0. The lowest BCUT2D eigenvalue weighted by Crippen LogP contribution is -2.48. The highest BCUT2D eigenvalue weighted by Crippen LogP contribution is 2.48. The van der Waals surface area contributed by atoms with Gasteiger partial charge in [0.1, 0.15) is 34.8 Å². The number of rotatable bonds is 14. The van der Waals surface area contributed by atoms with Gasteiger partial charge in [0.15, 0.2) is 11.6 Å². The smallest absolute Gasteiger partial charge is 0.418 e. The second-order valence-corrected chi connectivity index (χ2v) is 16.2. The number of aromatic nitrogens is 3. The summed E-state index contributed by atoms with van der Waals surface area (Å²) in [7, 11) is 3.07. The number of anilines is 1. The highest BCUT2D eigenvalue weighted by molar-refractivity contribution is 6.36. The highest BCUT2D eigenvalue weighted by Gasteiger charge is 2.42. The molecule has 5 aromatic rings. The fraction of sp³-hybridized carbons (Fsp3) is 0.409. The molecule has 3 aliphatic rings. The van der Waals surface area contributed by atoms with Gasteiger partial charge in [0, 0.05) is 38.3 Å². The Hall–Kier alpha value is -5.32. The Morgan fingerprint density at radius 3 is 2.23 bits per heavy atom. The molecule has 0 unspecified atom stereocenters. The molecule has 3 atom stereocenters. The minimum Gasteiger partial charge on any atom is -0.497 e. The van der Waals surface area contributed by atoms with Crippen LogP contribution in [0, 0.1) is 18.7 Å². The molecule has 18 heteroatoms. The number of aromatic amines is 1. The van der Waals surface area contributed by atoms with E-state index in [4.69, 9.17) is 42.1 Å². The molecule has 0 radical (unpaired) electrons. The third-order valence-corrected chi connectivity index (χ3v) is 11.9. The van der Waals surface area contributed by atoms with Gasteiger partial charge in [-0.3, -0.25) is 9.78 Å². The molecule has 2 bridgehead atoms. The van der Waals surface area contributed by atoms with Crippen LogP contribution in [-0.2, 0) is 24.0 Å². The zero-order valence-electron chi connectivity index (χ0n) is 34.5. The molecule has 12 nitrogen and oxygen atoms in total. The minimum atomic E-state index is -5.04. The van der Waals surface area contributed by atoms with Gasteiger partial charge < -0.3 is 34.1 Å². The van der Waals surface area contributed by atoms with Crippen LogP contribution in [0.1, 0.15) is 54.9 Å². The van der Waals surface area contributed by atoms with Gasteiger partial charge in [0.2, 0.25) is 5.28 Å². The number of H-pyrrole nitrogens is 1. The maximum atomic E-state index is 17.1. The molecule has 2 N–H and O–H groups in total. The van der Waals surface area contributed by atoms with Crippen molar-refractivity contribution in [1.29, 1.82) is 0 Å². The molecular weight excluding hydrogens is 855 g/mol. The van der Waals surface area contributed by atoms with Crippen LogP contribution in [0.2, 0.25) is 10.3 Å². The van der Waals surface area contributed by atoms with E-state index in [9.17, 15) is 9.59 Å². The molecule has 3 saturated heterocycles. The quantitative estimate of drug-likeness (QED) is 0.0632. The van der Waals surface area contributed by atoms with Gasteiger partial charge in [0.25, 0.3) is 5.56 Å². The number of nitrogens with zero attached hydrogens (tertiary/aromatic N) is 4. The Morgan fingerprint density at radius 1 is 0.984 bits per heavy atom. The molecule has 5 heterocycles. The molecule has 1 amide bonds. The second-order valence-electron chi connectivity index (χ2n) is 15.4. The van der Waals surface area contributed by atoms with Crippen molar-refractivity contribution in [2.75, 3.05) is 45.4 Å². The summed E-state index contributed by atoms with van der Waals surface area (Å²) in [5, 5.41) is 1.86. The molecule has 3 aromatic carbocycles. The molecular formula is C44H46Cl2F4N6O6. The maximum absolute atomic E-state index is 17.1. The number of methoxy groups -OCH3 is 2. The van der Waals surface area contributed by atoms with Gasteiger partial charge >= 0.3 is 12.3 Å². The number of piperidine rings is 1. The second kappa shape index (κ2) is 19.0. The Bertz CT molecular complexity index is 2420. The summed E-state index contributed by atoms with van der Waals surface area (Å²) >= 11 is 13.1. The third kappa shape index (κ3) is 9.52. The number of amides is 1. The maximum Gasteiger partial charge on any atom is 0.418 e. The molecule has 3 fully saturated rings. The topological polar surface area (TPSA) is 131 Å². The van der Waals surface area contributed by atoms with Crippen molar-refractivity contribution >= 4 is 46.0 Å². The number of unbranched alkanes of at least 4 members (excludes halogenated alkanes) is 1. The molecule has 8 rings (SSSR count). The summed E-state index contributed by atoms with van der Waals surface area (Å²) in [5.41, 5.74) is -3.14. The number of benzene rings is 3. The van der Waals surface area contributed by atoms with Crippen LogP contribution in [0.15, 0.2) is 59.4 Å². The summed E-state index contributed by atoms with van der Waals surface area (Å²) in [6.07, 6.45) is -2.39. The van der Waals surface area contributed by atoms with Crippen LogP contribution in [0.5, 0.6) is 17.2 Å². The first-order valence-electron chi connectivity index (χ1n) is 20.2. The lowest BCUT2D eigenvalue weighted by atomic mass is 9.90. The van der Waals surface area contributed by atoms with Gasteiger partial charge in [-0.05, 0) is 90.7 Å². The number of nitrogens with one attached hydrogen (secondary N) is 2. The van der Waals surface area contributed by atoms with Crippen molar-refractivity contribution in [3.05, 3.63) is 103 Å². The van der Waals surface area contributed by atoms with Crippen LogP contribution in [0.25, 0.3) is 22.2 Å². The zero-order valence-corrected chi connectivity index (χ0v) is 36.0. The summed E-state index contributed by atoms with van der Waals surface area (Å²) in [6, 6.07) is 15.1. The standard InChI is InChI=1S/C44H46Cl2F4N6O6/c1-5-6-17-61-43(58)56-22-27-11-12-28(56)19-51-31(27)23-62-40-34-39(53-42(46)54-41(34)57)37(47)33(36(40)45)38-35(44(48,49)50)24(2)18-32(52-38)55(20-25-7-13-29(59-3)14-8-25)21-26-9-15-30(60-4)16-10-26/h7-10,13-16,18,27-28,31,51H,5-6,11-12,17,19-23H2,1-4H3,(H,53,54,57)/t27-,28+,31-/m1/s1. The Labute approximate surface area is 365 Å². The summed E-state index contributed by atoms with van der Waals surface area (Å²) < 4.78 is 85.3. The number of carbonyl (C=O) groups is 1. The van der Waals surface area contributed by atoms with Crippen molar-refractivity contribution in [2.45, 2.75) is 70.9 Å². The first kappa shape index (κ1) is 44.7. The van der Waals surface area contributed by atoms with Crippen LogP contribution >= 0.6 is 23.2 Å². The van der Waals surface area contributed by atoms with E-state index >= 15 is 17.6 Å². The summed E-state index contributed by atoms with van der Waals surface area (Å²) in [4.78, 5) is 40.9. The monoisotopic (exact) mass is 900 g/mol. The number of aryl methyl sites for hydroxylation is 1. The Morgan fingerprint density at radius 2 is 1.63 bits per heavy atom. The fourth-order valence-electron chi connectivity index (χ4n) is 8.10. The average molecular weight is 902 g/mol. The van der Waals surface area contributed by atoms with Crippen LogP contribution < -0.4 is 30.0 Å². The number of carbonyl (C=O) groups excluding carboxylic acids is 1. The SMILES string of the molecule is CCCCOC(=O)N1C[C@H]2CC[C@H]1CN[C@@H]2COc1c(Cl)c(-c2nc(N(Cc3ccc(OC)cc3)Cc3ccc(OC)cc3)cc(C)c2C(F)(F)F)c(F)c2nc(Cl)[nH]c(=O)c12. The first-order chi connectivity index (χ1) is 29.7. The zero-order chi connectivity index (χ0) is 44.3. The normalized spacial score (nSPS) is 17.5. The van der Waals surface area contributed by atoms with E-state index < -0.39 is 73.5 Å². The van der Waals surface area contributed by atoms with Gasteiger partial charge in [-0.25, -0.2) is 19.2 Å². The van der Waals surface area contributed by atoms with Crippen LogP contribution in [-0.4, -0.2) is 78.6 Å². The summed E-state index contributed by atoms with van der Waals surface area (Å²) in [5.74, 6) is -0.571. The van der Waals surface area contributed by atoms with E-state index in [1.165, 1.54) is 27.2 Å². The van der Waals surface area contributed by atoms with E-state index in [2.05, 4.69) is 20.3 Å². The predicted octanol–water partition coefficient (Wildman–Crippen LogP) is 9.35. The van der Waals surface area contributed by atoms with Crippen molar-refractivity contribution in [1.82, 2.24) is 25.2 Å². The van der Waals surface area contributed by atoms with Crippen molar-refractivity contribution < 1.29 is 41.3 Å². The minimum absolute atomic E-state index is 0.0725. The van der Waals surface area contributed by atoms with E-state index in [0.29, 0.717) is 37.6 Å². The number of hydrogen-bond acceptors (Lipinski definition) is 10. The van der Waals surface area contributed by atoms with E-state index in [1.807, 2.05) is 31.2 Å². The van der Waals surface area contributed by atoms with Crippen LogP contribution in [0.4, 0.5) is 28.2 Å². The molecule has 3 aliphatic heterocycles. The largest absolute Gasteiger partial charge is 0.497 e. The number of fused-ring (bicyclic) bond motifs is 5. The van der Waals surface area contributed by atoms with E-state index in [0.717, 1.165) is 30.4 Å². The number of alkyl halides is 3. The molecule has 2 aromatic heterocycles. The van der Waals surface area contributed by atoms with Gasteiger partial charge in [-0.2, -0.15) is 13.2 Å². The fourth-order valence-corrected chi connectivity index (χ4v) is 8.59. The van der Waals surface area contributed by atoms with Crippen molar-refractivity contribution in [3.63, 3.8) is 0 Å². The summed E-state index contributed by atoms with van der Waals surface area (Å²) in [6.45, 7) is 4.56.